The Morgan fingerprint density at radius 3 is 2.63 bits per heavy atom. The van der Waals surface area contributed by atoms with E-state index in [-0.39, 0.29) is 24.0 Å². The van der Waals surface area contributed by atoms with Crippen molar-refractivity contribution in [1.29, 1.82) is 0 Å². The van der Waals surface area contributed by atoms with Gasteiger partial charge in [-0.15, -0.1) is 0 Å². The fourth-order valence-corrected chi connectivity index (χ4v) is 7.93. The third-order valence-electron chi connectivity index (χ3n) is 9.53. The molecule has 0 aromatic heterocycles. The van der Waals surface area contributed by atoms with E-state index in [2.05, 4.69) is 32.1 Å². The quantitative estimate of drug-likeness (QED) is 0.497. The van der Waals surface area contributed by atoms with Crippen LogP contribution in [-0.4, -0.2) is 33.6 Å². The van der Waals surface area contributed by atoms with Gasteiger partial charge >= 0.3 is 0 Å². The van der Waals surface area contributed by atoms with Gasteiger partial charge in [0, 0.05) is 12.5 Å². The van der Waals surface area contributed by atoms with Crippen molar-refractivity contribution >= 4 is 0 Å². The number of hydrogen-bond donors (Lipinski definition) is 3. The average Bonchev–Trinajstić information content (AvgIpc) is 3.03. The fraction of sp³-hybridized carbons (Fsp3) is 0.852. The van der Waals surface area contributed by atoms with Crippen LogP contribution in [0.15, 0.2) is 23.8 Å². The van der Waals surface area contributed by atoms with Gasteiger partial charge in [0.1, 0.15) is 0 Å². The molecule has 0 unspecified atom stereocenters. The summed E-state index contributed by atoms with van der Waals surface area (Å²) in [6.07, 6.45) is 16.9. The van der Waals surface area contributed by atoms with Crippen molar-refractivity contribution in [2.75, 3.05) is 6.61 Å². The zero-order valence-corrected chi connectivity index (χ0v) is 19.6. The van der Waals surface area contributed by atoms with E-state index in [4.69, 9.17) is 0 Å². The number of aliphatic hydroxyl groups excluding tert-OH is 2. The monoisotopic (exact) mass is 416 g/mol. The van der Waals surface area contributed by atoms with Gasteiger partial charge in [0.25, 0.3) is 0 Å². The SMILES string of the molecule is C[C@H](/C=C/CC(C)(C)O)[C@H]1CC[C@H]2/C(=C/[C@@H](CO)[C@@]34C[C@@H](O)C[C@@H]3C4)CCC[C@]12C. The zero-order chi connectivity index (χ0) is 21.7. The summed E-state index contributed by atoms with van der Waals surface area (Å²) in [4.78, 5) is 0. The molecule has 4 saturated carbocycles. The predicted octanol–water partition coefficient (Wildman–Crippen LogP) is 5.25. The Bertz CT molecular complexity index is 689. The van der Waals surface area contributed by atoms with Crippen LogP contribution in [0.4, 0.5) is 0 Å². The Balaban J connectivity index is 1.49. The van der Waals surface area contributed by atoms with Crippen molar-refractivity contribution in [1.82, 2.24) is 0 Å². The van der Waals surface area contributed by atoms with Gasteiger partial charge in [-0.05, 0) is 106 Å². The summed E-state index contributed by atoms with van der Waals surface area (Å²) in [5, 5.41) is 30.4. The molecule has 0 aliphatic heterocycles. The van der Waals surface area contributed by atoms with Crippen LogP contribution in [0.2, 0.25) is 0 Å². The zero-order valence-electron chi connectivity index (χ0n) is 19.6. The van der Waals surface area contributed by atoms with Crippen LogP contribution < -0.4 is 0 Å². The van der Waals surface area contributed by atoms with Crippen LogP contribution >= 0.6 is 0 Å². The molecule has 0 saturated heterocycles. The van der Waals surface area contributed by atoms with Gasteiger partial charge in [-0.3, -0.25) is 0 Å². The standard InChI is InChI=1S/C27H44O3/c1-18(7-5-11-25(2,3)30)23-9-10-24-19(8-6-12-26(23,24)4)13-21(17-28)27-15-20(27)14-22(29)16-27/h5,7,13,18,20-24,28-30H,6,8-12,14-17H2,1-4H3/b7-5+,19-13+/t18-,20-,21+,22+,23-,24+,26-,27+/m1/s1. The van der Waals surface area contributed by atoms with Gasteiger partial charge in [-0.1, -0.05) is 37.6 Å². The molecule has 0 radical (unpaired) electrons. The minimum Gasteiger partial charge on any atom is -0.396 e. The molecule has 170 valence electrons. The number of aliphatic hydroxyl groups is 3. The third-order valence-corrected chi connectivity index (χ3v) is 9.53. The van der Waals surface area contributed by atoms with E-state index in [1.165, 1.54) is 38.5 Å². The van der Waals surface area contributed by atoms with E-state index >= 15 is 0 Å². The Kier molecular flexibility index (Phi) is 6.05. The van der Waals surface area contributed by atoms with Crippen LogP contribution in [0, 0.1) is 40.4 Å². The molecule has 4 fully saturated rings. The van der Waals surface area contributed by atoms with Gasteiger partial charge in [-0.25, -0.2) is 0 Å². The Morgan fingerprint density at radius 1 is 1.23 bits per heavy atom. The molecular weight excluding hydrogens is 372 g/mol. The molecule has 3 N–H and O–H groups in total. The van der Waals surface area contributed by atoms with Crippen molar-refractivity contribution in [3.63, 3.8) is 0 Å². The molecule has 0 aromatic rings. The average molecular weight is 417 g/mol. The largest absolute Gasteiger partial charge is 0.396 e. The van der Waals surface area contributed by atoms with Crippen molar-refractivity contribution in [3.8, 4) is 0 Å². The van der Waals surface area contributed by atoms with E-state index < -0.39 is 5.60 Å². The lowest BCUT2D eigenvalue weighted by molar-refractivity contribution is 0.0832. The molecular formula is C27H44O3. The lowest BCUT2D eigenvalue weighted by Gasteiger charge is -2.44. The normalized spacial score (nSPS) is 44.3. The van der Waals surface area contributed by atoms with Gasteiger partial charge in [0.05, 0.1) is 11.7 Å². The Hall–Kier alpha value is -0.640. The molecule has 8 atom stereocenters. The number of fused-ring (bicyclic) bond motifs is 2. The summed E-state index contributed by atoms with van der Waals surface area (Å²) in [6, 6.07) is 0. The van der Waals surface area contributed by atoms with Crippen LogP contribution in [0.25, 0.3) is 0 Å². The third kappa shape index (κ3) is 4.07. The summed E-state index contributed by atoms with van der Waals surface area (Å²) >= 11 is 0. The van der Waals surface area contributed by atoms with Gasteiger partial charge in [-0.2, -0.15) is 0 Å². The van der Waals surface area contributed by atoms with E-state index in [0.29, 0.717) is 35.5 Å². The first kappa shape index (κ1) is 22.6. The minimum absolute atomic E-state index is 0.153. The minimum atomic E-state index is -0.633. The second kappa shape index (κ2) is 8.05. The summed E-state index contributed by atoms with van der Waals surface area (Å²) in [7, 11) is 0. The van der Waals surface area contributed by atoms with Gasteiger partial charge < -0.3 is 15.3 Å². The summed E-state index contributed by atoms with van der Waals surface area (Å²) in [5.74, 6) is 2.74. The first-order chi connectivity index (χ1) is 14.1. The molecule has 0 spiro atoms. The van der Waals surface area contributed by atoms with Crippen LogP contribution in [-0.2, 0) is 0 Å². The highest BCUT2D eigenvalue weighted by Crippen LogP contribution is 2.68. The predicted molar refractivity (Wildman–Crippen MR) is 122 cm³/mol. The Labute approximate surface area is 183 Å². The van der Waals surface area contributed by atoms with Crippen molar-refractivity contribution in [2.45, 2.75) is 97.2 Å². The van der Waals surface area contributed by atoms with Gasteiger partial charge in [0.2, 0.25) is 0 Å². The van der Waals surface area contributed by atoms with E-state index in [9.17, 15) is 15.3 Å². The highest BCUT2D eigenvalue weighted by Gasteiger charge is 2.63. The molecule has 0 heterocycles. The highest BCUT2D eigenvalue weighted by molar-refractivity contribution is 5.24. The fourth-order valence-electron chi connectivity index (χ4n) is 7.93. The number of rotatable bonds is 7. The maximum Gasteiger partial charge on any atom is 0.0626 e. The van der Waals surface area contributed by atoms with Crippen molar-refractivity contribution in [2.24, 2.45) is 40.4 Å². The Morgan fingerprint density at radius 2 is 2.00 bits per heavy atom. The highest BCUT2D eigenvalue weighted by atomic mass is 16.3. The van der Waals surface area contributed by atoms with E-state index in [1.807, 2.05) is 13.8 Å². The molecule has 4 aliphatic carbocycles. The molecule has 4 rings (SSSR count). The van der Waals surface area contributed by atoms with Crippen LogP contribution in [0.5, 0.6) is 0 Å². The summed E-state index contributed by atoms with van der Waals surface area (Å²) in [5.41, 5.74) is 1.52. The molecule has 4 aliphatic rings. The van der Waals surface area contributed by atoms with Crippen molar-refractivity contribution < 1.29 is 15.3 Å². The number of hydrogen-bond acceptors (Lipinski definition) is 3. The maximum atomic E-state index is 10.2. The second-order valence-electron chi connectivity index (χ2n) is 12.2. The van der Waals surface area contributed by atoms with Crippen LogP contribution in [0.1, 0.15) is 85.5 Å². The summed E-state index contributed by atoms with van der Waals surface area (Å²) in [6.45, 7) is 8.86. The first-order valence-electron chi connectivity index (χ1n) is 12.5. The van der Waals surface area contributed by atoms with E-state index in [0.717, 1.165) is 12.8 Å². The lowest BCUT2D eigenvalue weighted by atomic mass is 9.60. The molecule has 3 nitrogen and oxygen atoms in total. The molecule has 0 aromatic carbocycles. The van der Waals surface area contributed by atoms with Crippen molar-refractivity contribution in [3.05, 3.63) is 23.8 Å². The lowest BCUT2D eigenvalue weighted by Crippen LogP contribution is -2.36. The molecule has 30 heavy (non-hydrogen) atoms. The topological polar surface area (TPSA) is 60.7 Å². The molecule has 0 amide bonds. The van der Waals surface area contributed by atoms with E-state index in [1.54, 1.807) is 5.57 Å². The second-order valence-corrected chi connectivity index (χ2v) is 12.2. The van der Waals surface area contributed by atoms with Crippen LogP contribution in [0.3, 0.4) is 0 Å². The number of allylic oxidation sites excluding steroid dienone is 2. The summed E-state index contributed by atoms with van der Waals surface area (Å²) < 4.78 is 0. The molecule has 0 bridgehead atoms. The maximum absolute atomic E-state index is 10.2. The first-order valence-corrected chi connectivity index (χ1v) is 12.5. The smallest absolute Gasteiger partial charge is 0.0626 e. The van der Waals surface area contributed by atoms with Gasteiger partial charge in [0.15, 0.2) is 0 Å². The molecule has 3 heteroatoms.